The average Bonchev–Trinajstić information content (AvgIpc) is 3.06. The fourth-order valence-corrected chi connectivity index (χ4v) is 2.86. The lowest BCUT2D eigenvalue weighted by Gasteiger charge is -2.14. The number of nitro groups is 1. The van der Waals surface area contributed by atoms with Gasteiger partial charge in [-0.25, -0.2) is 0 Å². The number of nitrogens with one attached hydrogen (secondary N) is 1. The lowest BCUT2D eigenvalue weighted by molar-refractivity contribution is -0.385. The molecule has 0 fully saturated rings. The maximum Gasteiger partial charge on any atom is 0.306 e. The van der Waals surface area contributed by atoms with Crippen LogP contribution in [0.4, 0.5) is 5.69 Å². The third-order valence-electron chi connectivity index (χ3n) is 3.94. The number of nitrogens with zero attached hydrogens (tertiary/aromatic N) is 3. The summed E-state index contributed by atoms with van der Waals surface area (Å²) in [6, 6.07) is 7.00. The maximum absolute atomic E-state index is 10.6. The number of fused-ring (bicyclic) bond motifs is 1. The Labute approximate surface area is 122 Å². The molecule has 0 amide bonds. The molecule has 1 heterocycles. The van der Waals surface area contributed by atoms with Crippen molar-refractivity contribution < 1.29 is 4.92 Å². The van der Waals surface area contributed by atoms with Gasteiger partial charge in [0.05, 0.1) is 11.5 Å². The molecule has 3 rings (SSSR count). The second-order valence-corrected chi connectivity index (χ2v) is 5.47. The Hall–Kier alpha value is -2.21. The monoisotopic (exact) mass is 286 g/mol. The molecule has 1 aliphatic carbocycles. The fraction of sp³-hybridized carbons (Fsp3) is 0.400. The Morgan fingerprint density at radius 3 is 3.14 bits per heavy atom. The van der Waals surface area contributed by atoms with Gasteiger partial charge in [0, 0.05) is 12.6 Å². The Morgan fingerprint density at radius 2 is 2.38 bits per heavy atom. The number of benzene rings is 1. The average molecular weight is 286 g/mol. The minimum absolute atomic E-state index is 0.0387. The molecule has 1 aliphatic rings. The third kappa shape index (κ3) is 2.95. The molecule has 0 saturated carbocycles. The van der Waals surface area contributed by atoms with Crippen LogP contribution < -0.4 is 5.32 Å². The Morgan fingerprint density at radius 1 is 1.52 bits per heavy atom. The minimum Gasteiger partial charge on any atom is -0.308 e. The molecular formula is C15H18N4O2. The van der Waals surface area contributed by atoms with Gasteiger partial charge < -0.3 is 5.32 Å². The van der Waals surface area contributed by atoms with E-state index in [1.54, 1.807) is 4.68 Å². The summed E-state index contributed by atoms with van der Waals surface area (Å²) in [5, 5.41) is 18.1. The third-order valence-corrected chi connectivity index (χ3v) is 3.94. The highest BCUT2D eigenvalue weighted by atomic mass is 16.6. The van der Waals surface area contributed by atoms with Crippen LogP contribution >= 0.6 is 0 Å². The number of hydrogen-bond donors (Lipinski definition) is 1. The first-order chi connectivity index (χ1) is 10.1. The van der Waals surface area contributed by atoms with Crippen LogP contribution in [0.25, 0.3) is 0 Å². The van der Waals surface area contributed by atoms with Crippen molar-refractivity contribution in [2.45, 2.75) is 32.4 Å². The first-order valence-corrected chi connectivity index (χ1v) is 7.13. The van der Waals surface area contributed by atoms with E-state index in [4.69, 9.17) is 0 Å². The highest BCUT2D eigenvalue weighted by Gasteiger charge is 2.21. The molecule has 110 valence electrons. The molecule has 1 aromatic carbocycles. The van der Waals surface area contributed by atoms with E-state index in [0.29, 0.717) is 12.6 Å². The van der Waals surface area contributed by atoms with E-state index in [0.717, 1.165) is 19.4 Å². The van der Waals surface area contributed by atoms with Crippen molar-refractivity contribution in [1.82, 2.24) is 15.1 Å². The summed E-state index contributed by atoms with van der Waals surface area (Å²) in [7, 11) is 0. The molecule has 0 unspecified atom stereocenters. The molecule has 0 aliphatic heterocycles. The van der Waals surface area contributed by atoms with Crippen molar-refractivity contribution in [2.24, 2.45) is 0 Å². The molecule has 0 bridgehead atoms. The quantitative estimate of drug-likeness (QED) is 0.676. The summed E-state index contributed by atoms with van der Waals surface area (Å²) < 4.78 is 1.61. The van der Waals surface area contributed by atoms with Gasteiger partial charge in [-0.3, -0.25) is 14.8 Å². The van der Waals surface area contributed by atoms with Gasteiger partial charge in [-0.05, 0) is 30.9 Å². The first kappa shape index (κ1) is 13.8. The van der Waals surface area contributed by atoms with Gasteiger partial charge in [-0.15, -0.1) is 0 Å². The van der Waals surface area contributed by atoms with E-state index in [1.807, 2.05) is 0 Å². The van der Waals surface area contributed by atoms with E-state index in [-0.39, 0.29) is 5.69 Å². The molecule has 1 N–H and O–H groups in total. The normalized spacial score (nSPS) is 16.9. The van der Waals surface area contributed by atoms with Crippen LogP contribution in [0, 0.1) is 17.0 Å². The Kier molecular flexibility index (Phi) is 3.70. The molecule has 1 aromatic heterocycles. The zero-order chi connectivity index (χ0) is 14.8. The van der Waals surface area contributed by atoms with Crippen LogP contribution in [0.1, 0.15) is 29.2 Å². The van der Waals surface area contributed by atoms with Crippen LogP contribution in [0.2, 0.25) is 0 Å². The van der Waals surface area contributed by atoms with Gasteiger partial charge in [0.25, 0.3) is 0 Å². The molecule has 6 nitrogen and oxygen atoms in total. The highest BCUT2D eigenvalue weighted by molar-refractivity contribution is 5.37. The van der Waals surface area contributed by atoms with E-state index < -0.39 is 4.92 Å². The molecule has 0 radical (unpaired) electrons. The van der Waals surface area contributed by atoms with E-state index in [9.17, 15) is 10.1 Å². The molecule has 0 spiro atoms. The first-order valence-electron chi connectivity index (χ1n) is 7.13. The zero-order valence-corrected chi connectivity index (χ0v) is 12.0. The summed E-state index contributed by atoms with van der Waals surface area (Å²) in [6.45, 7) is 3.49. The predicted octanol–water partition coefficient (Wildman–Crippen LogP) is 2.38. The number of aromatic nitrogens is 2. The molecule has 6 heteroatoms. The summed E-state index contributed by atoms with van der Waals surface area (Å²) >= 11 is 0. The van der Waals surface area contributed by atoms with Crippen LogP contribution in [-0.4, -0.2) is 21.2 Å². The Balaban J connectivity index is 1.57. The summed E-state index contributed by atoms with van der Waals surface area (Å²) in [5.74, 6) is 0. The van der Waals surface area contributed by atoms with Gasteiger partial charge >= 0.3 is 5.69 Å². The second kappa shape index (κ2) is 5.65. The van der Waals surface area contributed by atoms with Crippen LogP contribution in [0.15, 0.2) is 30.6 Å². The largest absolute Gasteiger partial charge is 0.308 e. The number of aryl methyl sites for hydroxylation is 2. The Bertz CT molecular complexity index is 665. The smallest absolute Gasteiger partial charge is 0.306 e. The van der Waals surface area contributed by atoms with Gasteiger partial charge in [-0.1, -0.05) is 23.8 Å². The number of hydrogen-bond acceptors (Lipinski definition) is 4. The SMILES string of the molecule is Cc1ccc2c(c1)[C@@H](NCCn1cc([N+](=O)[O-])cn1)CC2. The second-order valence-electron chi connectivity index (χ2n) is 5.47. The lowest BCUT2D eigenvalue weighted by atomic mass is 10.1. The van der Waals surface area contributed by atoms with Crippen LogP contribution in [0.3, 0.4) is 0 Å². The van der Waals surface area contributed by atoms with Crippen LogP contribution in [-0.2, 0) is 13.0 Å². The van der Waals surface area contributed by atoms with Crippen molar-refractivity contribution >= 4 is 5.69 Å². The summed E-state index contributed by atoms with van der Waals surface area (Å²) in [6.07, 6.45) is 4.97. The highest BCUT2D eigenvalue weighted by Crippen LogP contribution is 2.31. The van der Waals surface area contributed by atoms with Crippen molar-refractivity contribution in [3.63, 3.8) is 0 Å². The van der Waals surface area contributed by atoms with Gasteiger partial charge in [0.2, 0.25) is 0 Å². The molecule has 2 aromatic rings. The van der Waals surface area contributed by atoms with E-state index >= 15 is 0 Å². The molecule has 1 atom stereocenters. The summed E-state index contributed by atoms with van der Waals surface area (Å²) in [4.78, 5) is 10.2. The molecule has 21 heavy (non-hydrogen) atoms. The molecular weight excluding hydrogens is 268 g/mol. The predicted molar refractivity (Wildman–Crippen MR) is 79.1 cm³/mol. The van der Waals surface area contributed by atoms with Gasteiger partial charge in [0.1, 0.15) is 12.4 Å². The van der Waals surface area contributed by atoms with Crippen molar-refractivity contribution in [3.8, 4) is 0 Å². The maximum atomic E-state index is 10.6. The van der Waals surface area contributed by atoms with E-state index in [2.05, 4.69) is 35.5 Å². The van der Waals surface area contributed by atoms with Crippen LogP contribution in [0.5, 0.6) is 0 Å². The van der Waals surface area contributed by atoms with Crippen molar-refractivity contribution in [2.75, 3.05) is 6.54 Å². The van der Waals surface area contributed by atoms with Crippen molar-refractivity contribution in [3.05, 3.63) is 57.4 Å². The number of rotatable bonds is 5. The topological polar surface area (TPSA) is 73.0 Å². The van der Waals surface area contributed by atoms with Gasteiger partial charge in [-0.2, -0.15) is 5.10 Å². The standard InChI is InChI=1S/C15H18N4O2/c1-11-2-3-12-4-5-15(14(12)8-11)16-6-7-18-10-13(9-17-18)19(20)21/h2-3,8-10,15-16H,4-7H2,1H3/t15-/m0/s1. The zero-order valence-electron chi connectivity index (χ0n) is 12.0. The molecule has 0 saturated heterocycles. The van der Waals surface area contributed by atoms with Crippen molar-refractivity contribution in [1.29, 1.82) is 0 Å². The van der Waals surface area contributed by atoms with E-state index in [1.165, 1.54) is 29.1 Å². The fourth-order valence-electron chi connectivity index (χ4n) is 2.86. The summed E-state index contributed by atoms with van der Waals surface area (Å²) in [5.41, 5.74) is 4.14. The minimum atomic E-state index is -0.424. The lowest BCUT2D eigenvalue weighted by Crippen LogP contribution is -2.24. The van der Waals surface area contributed by atoms with Gasteiger partial charge in [0.15, 0.2) is 0 Å².